The van der Waals surface area contributed by atoms with Crippen LogP contribution in [0, 0.1) is 0 Å². The minimum absolute atomic E-state index is 0.0596. The molecule has 34 heavy (non-hydrogen) atoms. The molecule has 3 heterocycles. The number of fused-ring (bicyclic) bond motifs is 1. The lowest BCUT2D eigenvalue weighted by molar-refractivity contribution is -0.121. The molecule has 0 bridgehead atoms. The highest BCUT2D eigenvalue weighted by molar-refractivity contribution is 6.33. The number of nitrogens with zero attached hydrogens (tertiary/aromatic N) is 2. The van der Waals surface area contributed by atoms with Crippen LogP contribution in [0.2, 0.25) is 10.0 Å². The van der Waals surface area contributed by atoms with Crippen molar-refractivity contribution in [1.29, 1.82) is 0 Å². The van der Waals surface area contributed by atoms with Crippen LogP contribution in [0.1, 0.15) is 17.9 Å². The molecule has 1 N–H and O–H groups in total. The molecule has 2 aromatic carbocycles. The van der Waals surface area contributed by atoms with E-state index < -0.39 is 0 Å². The van der Waals surface area contributed by atoms with Crippen molar-refractivity contribution < 1.29 is 9.21 Å². The zero-order chi connectivity index (χ0) is 23.5. The zero-order valence-electron chi connectivity index (χ0n) is 18.2. The molecule has 0 spiro atoms. The number of furan rings is 1. The molecule has 3 aromatic heterocycles. The average Bonchev–Trinajstić information content (AvgIpc) is 3.50. The quantitative estimate of drug-likeness (QED) is 0.273. The topological polar surface area (TPSA) is 59.5 Å². The van der Waals surface area contributed by atoms with Crippen LogP contribution in [0.3, 0.4) is 0 Å². The number of pyridine rings is 1. The van der Waals surface area contributed by atoms with E-state index in [1.165, 1.54) is 0 Å². The molecule has 0 aliphatic carbocycles. The second kappa shape index (κ2) is 9.75. The normalized spacial score (nSPS) is 11.1. The summed E-state index contributed by atoms with van der Waals surface area (Å²) in [4.78, 5) is 17.5. The van der Waals surface area contributed by atoms with Crippen molar-refractivity contribution in [1.82, 2.24) is 14.7 Å². The summed E-state index contributed by atoms with van der Waals surface area (Å²) in [6.45, 7) is 0.361. The van der Waals surface area contributed by atoms with Gasteiger partial charge < -0.3 is 14.1 Å². The molecule has 0 saturated carbocycles. The van der Waals surface area contributed by atoms with Gasteiger partial charge in [-0.15, -0.1) is 0 Å². The standard InChI is InChI=1S/C27H21Cl2N3O2/c28-20-10-7-18(8-11-20)27-24(12-14-26(33)30-16-21-4-3-15-34-21)32-17-19(9-13-25(32)31-27)22-5-1-2-6-23(22)29/h1-11,13,15,17H,12,14,16H2,(H,30,33). The van der Waals surface area contributed by atoms with Gasteiger partial charge in [0.2, 0.25) is 5.91 Å². The van der Waals surface area contributed by atoms with Gasteiger partial charge in [-0.05, 0) is 54.4 Å². The Labute approximate surface area is 207 Å². The molecule has 5 nitrogen and oxygen atoms in total. The molecule has 0 fully saturated rings. The van der Waals surface area contributed by atoms with Crippen LogP contribution >= 0.6 is 23.2 Å². The first-order valence-corrected chi connectivity index (χ1v) is 11.6. The van der Waals surface area contributed by atoms with Gasteiger partial charge in [0.1, 0.15) is 11.4 Å². The van der Waals surface area contributed by atoms with Crippen molar-refractivity contribution in [3.8, 4) is 22.4 Å². The summed E-state index contributed by atoms with van der Waals surface area (Å²) in [7, 11) is 0. The summed E-state index contributed by atoms with van der Waals surface area (Å²) in [5.74, 6) is 0.657. The minimum Gasteiger partial charge on any atom is -0.467 e. The summed E-state index contributed by atoms with van der Waals surface area (Å²) in [6, 6.07) is 22.9. The van der Waals surface area contributed by atoms with Gasteiger partial charge in [0.25, 0.3) is 0 Å². The molecular weight excluding hydrogens is 469 g/mol. The lowest BCUT2D eigenvalue weighted by atomic mass is 10.1. The van der Waals surface area contributed by atoms with Crippen LogP contribution in [0.25, 0.3) is 28.0 Å². The Kier molecular flexibility index (Phi) is 6.39. The monoisotopic (exact) mass is 489 g/mol. The Morgan fingerprint density at radius 2 is 1.74 bits per heavy atom. The number of rotatable bonds is 7. The van der Waals surface area contributed by atoms with Crippen molar-refractivity contribution in [3.05, 3.63) is 107 Å². The number of hydrogen-bond donors (Lipinski definition) is 1. The third-order valence-corrected chi connectivity index (χ3v) is 6.23. The Balaban J connectivity index is 1.49. The number of benzene rings is 2. The third kappa shape index (κ3) is 4.72. The van der Waals surface area contributed by atoms with Crippen molar-refractivity contribution in [3.63, 3.8) is 0 Å². The molecule has 0 unspecified atom stereocenters. The van der Waals surface area contributed by atoms with Crippen LogP contribution in [0.4, 0.5) is 0 Å². The molecule has 170 valence electrons. The number of halogens is 2. The first-order valence-electron chi connectivity index (χ1n) is 10.9. The third-order valence-electron chi connectivity index (χ3n) is 5.65. The summed E-state index contributed by atoms with van der Waals surface area (Å²) < 4.78 is 7.34. The number of carbonyl (C=O) groups excluding carboxylic acids is 1. The van der Waals surface area contributed by atoms with Gasteiger partial charge in [-0.25, -0.2) is 4.98 Å². The fraction of sp³-hybridized carbons (Fsp3) is 0.111. The van der Waals surface area contributed by atoms with E-state index in [0.717, 1.165) is 39.5 Å². The maximum atomic E-state index is 12.6. The van der Waals surface area contributed by atoms with Crippen LogP contribution in [0.5, 0.6) is 0 Å². The average molecular weight is 490 g/mol. The number of carbonyl (C=O) groups is 1. The van der Waals surface area contributed by atoms with E-state index >= 15 is 0 Å². The number of aromatic nitrogens is 2. The number of hydrogen-bond acceptors (Lipinski definition) is 3. The van der Waals surface area contributed by atoms with E-state index in [1.54, 1.807) is 12.3 Å². The molecule has 7 heteroatoms. The number of amides is 1. The van der Waals surface area contributed by atoms with Crippen LogP contribution in [0.15, 0.2) is 89.7 Å². The molecule has 1 amide bonds. The van der Waals surface area contributed by atoms with Crippen LogP contribution in [-0.4, -0.2) is 15.3 Å². The lowest BCUT2D eigenvalue weighted by Gasteiger charge is -2.09. The summed E-state index contributed by atoms with van der Waals surface area (Å²) in [6.07, 6.45) is 4.44. The molecular formula is C27H21Cl2N3O2. The van der Waals surface area contributed by atoms with Gasteiger partial charge in [-0.3, -0.25) is 4.79 Å². The van der Waals surface area contributed by atoms with Gasteiger partial charge in [-0.1, -0.05) is 53.5 Å². The minimum atomic E-state index is -0.0596. The number of nitrogens with one attached hydrogen (secondary N) is 1. The van der Waals surface area contributed by atoms with Gasteiger partial charge >= 0.3 is 0 Å². The smallest absolute Gasteiger partial charge is 0.220 e. The molecule has 5 aromatic rings. The first-order chi connectivity index (χ1) is 16.6. The lowest BCUT2D eigenvalue weighted by Crippen LogP contribution is -2.23. The Hall–Kier alpha value is -3.54. The maximum absolute atomic E-state index is 12.6. The van der Waals surface area contributed by atoms with Crippen LogP contribution in [-0.2, 0) is 17.8 Å². The van der Waals surface area contributed by atoms with Gasteiger partial charge in [0.05, 0.1) is 24.2 Å². The Morgan fingerprint density at radius 3 is 2.50 bits per heavy atom. The molecule has 0 radical (unpaired) electrons. The van der Waals surface area contributed by atoms with Gasteiger partial charge in [-0.2, -0.15) is 0 Å². The maximum Gasteiger partial charge on any atom is 0.220 e. The first kappa shape index (κ1) is 22.3. The van der Waals surface area contributed by atoms with Crippen molar-refractivity contribution in [2.45, 2.75) is 19.4 Å². The predicted molar refractivity (Wildman–Crippen MR) is 135 cm³/mol. The van der Waals surface area contributed by atoms with Gasteiger partial charge in [0, 0.05) is 33.8 Å². The zero-order valence-corrected chi connectivity index (χ0v) is 19.7. The summed E-state index contributed by atoms with van der Waals surface area (Å²) in [5.41, 5.74) is 5.42. The predicted octanol–water partition coefficient (Wildman–Crippen LogP) is 6.82. The number of imidazole rings is 1. The molecule has 0 saturated heterocycles. The highest BCUT2D eigenvalue weighted by Gasteiger charge is 2.17. The SMILES string of the molecule is O=C(CCc1c(-c2ccc(Cl)cc2)nc2ccc(-c3ccccc3Cl)cn12)NCc1ccco1. The molecule has 0 atom stereocenters. The fourth-order valence-electron chi connectivity index (χ4n) is 3.94. The van der Waals surface area contributed by atoms with E-state index in [-0.39, 0.29) is 5.91 Å². The molecule has 5 rings (SSSR count). The Morgan fingerprint density at radius 1 is 0.941 bits per heavy atom. The van der Waals surface area contributed by atoms with Gasteiger partial charge in [0.15, 0.2) is 0 Å². The highest BCUT2D eigenvalue weighted by Crippen LogP contribution is 2.31. The fourth-order valence-corrected chi connectivity index (χ4v) is 4.32. The second-order valence-electron chi connectivity index (χ2n) is 7.90. The Bertz CT molecular complexity index is 1440. The second-order valence-corrected chi connectivity index (χ2v) is 8.74. The van der Waals surface area contributed by atoms with E-state index in [2.05, 4.69) is 5.32 Å². The molecule has 0 aliphatic rings. The van der Waals surface area contributed by atoms with E-state index in [9.17, 15) is 4.79 Å². The van der Waals surface area contributed by atoms with E-state index in [1.807, 2.05) is 77.3 Å². The van der Waals surface area contributed by atoms with E-state index in [0.29, 0.717) is 29.4 Å². The largest absolute Gasteiger partial charge is 0.467 e. The van der Waals surface area contributed by atoms with Crippen molar-refractivity contribution in [2.24, 2.45) is 0 Å². The van der Waals surface area contributed by atoms with Crippen molar-refractivity contribution >= 4 is 34.8 Å². The summed E-state index contributed by atoms with van der Waals surface area (Å²) in [5, 5.41) is 4.25. The highest BCUT2D eigenvalue weighted by atomic mass is 35.5. The van der Waals surface area contributed by atoms with Crippen LogP contribution < -0.4 is 5.32 Å². The number of aryl methyl sites for hydroxylation is 1. The summed E-state index contributed by atoms with van der Waals surface area (Å²) >= 11 is 12.5. The van der Waals surface area contributed by atoms with Crippen molar-refractivity contribution in [2.75, 3.05) is 0 Å². The molecule has 0 aliphatic heterocycles. The van der Waals surface area contributed by atoms with E-state index in [4.69, 9.17) is 32.6 Å².